The van der Waals surface area contributed by atoms with E-state index in [2.05, 4.69) is 20.5 Å². The fourth-order valence-corrected chi connectivity index (χ4v) is 1.38. The monoisotopic (exact) mass is 290 g/mol. The summed E-state index contributed by atoms with van der Waals surface area (Å²) in [5.74, 6) is 5.26. The number of nitrogens with zero attached hydrogens (tertiary/aromatic N) is 1. The van der Waals surface area contributed by atoms with Crippen LogP contribution in [0.4, 0.5) is 18.9 Å². The molecule has 0 aliphatic heterocycles. The molecule has 1 aromatic carbocycles. The van der Waals surface area contributed by atoms with E-state index < -0.39 is 6.36 Å². The molecule has 20 heavy (non-hydrogen) atoms. The van der Waals surface area contributed by atoms with Crippen LogP contribution in [-0.2, 0) is 0 Å². The number of hydrazine groups is 1. The number of hydrogen-bond acceptors (Lipinski definition) is 3. The fourth-order valence-electron chi connectivity index (χ4n) is 1.38. The summed E-state index contributed by atoms with van der Waals surface area (Å²) in [5.41, 5.74) is 2.74. The summed E-state index contributed by atoms with van der Waals surface area (Å²) in [7, 11) is 0. The molecule has 4 N–H and O–H groups in total. The Hall–Kier alpha value is -1.96. The molecule has 0 radical (unpaired) electrons. The van der Waals surface area contributed by atoms with Crippen LogP contribution in [0.25, 0.3) is 0 Å². The van der Waals surface area contributed by atoms with Crippen molar-refractivity contribution in [1.82, 2.24) is 5.43 Å². The molecule has 0 atom stereocenters. The zero-order valence-corrected chi connectivity index (χ0v) is 11.0. The van der Waals surface area contributed by atoms with Gasteiger partial charge in [-0.2, -0.15) is 0 Å². The third-order valence-corrected chi connectivity index (χ3v) is 2.25. The van der Waals surface area contributed by atoms with Crippen LogP contribution >= 0.6 is 0 Å². The van der Waals surface area contributed by atoms with E-state index in [1.54, 1.807) is 6.07 Å². The quantitative estimate of drug-likeness (QED) is 0.256. The number of nitrogens with two attached hydrogens (primary N) is 1. The normalized spacial score (nSPS) is 12.2. The summed E-state index contributed by atoms with van der Waals surface area (Å²) >= 11 is 0. The molecular weight excluding hydrogens is 273 g/mol. The molecule has 8 heteroatoms. The van der Waals surface area contributed by atoms with E-state index in [-0.39, 0.29) is 11.7 Å². The van der Waals surface area contributed by atoms with Gasteiger partial charge >= 0.3 is 6.36 Å². The molecule has 0 aliphatic carbocycles. The average molecular weight is 290 g/mol. The number of aliphatic imine (C=N–C) groups is 1. The lowest BCUT2D eigenvalue weighted by atomic mass is 10.3. The molecule has 1 rings (SSSR count). The minimum atomic E-state index is -4.72. The van der Waals surface area contributed by atoms with Gasteiger partial charge in [-0.25, -0.2) is 5.84 Å². The molecule has 0 saturated heterocycles. The third-order valence-electron chi connectivity index (χ3n) is 2.25. The maximum atomic E-state index is 12.1. The Morgan fingerprint density at radius 3 is 2.75 bits per heavy atom. The number of hydrogen-bond donors (Lipinski definition) is 3. The number of ether oxygens (including phenoxy) is 1. The molecule has 112 valence electrons. The number of guanidine groups is 1. The predicted octanol–water partition coefficient (Wildman–Crippen LogP) is 2.62. The first-order valence-corrected chi connectivity index (χ1v) is 6.08. The van der Waals surface area contributed by atoms with Crippen molar-refractivity contribution in [2.45, 2.75) is 26.1 Å². The lowest BCUT2D eigenvalue weighted by molar-refractivity contribution is -0.274. The molecular formula is C12H17F3N4O. The van der Waals surface area contributed by atoms with Gasteiger partial charge in [0.2, 0.25) is 5.96 Å². The van der Waals surface area contributed by atoms with Crippen molar-refractivity contribution >= 4 is 11.6 Å². The largest absolute Gasteiger partial charge is 0.573 e. The summed E-state index contributed by atoms with van der Waals surface area (Å²) in [6.45, 7) is 2.60. The van der Waals surface area contributed by atoms with Gasteiger partial charge in [0.1, 0.15) is 5.75 Å². The van der Waals surface area contributed by atoms with Crippen molar-refractivity contribution < 1.29 is 17.9 Å². The van der Waals surface area contributed by atoms with Crippen LogP contribution in [0.3, 0.4) is 0 Å². The van der Waals surface area contributed by atoms with E-state index in [4.69, 9.17) is 5.84 Å². The minimum Gasteiger partial charge on any atom is -0.406 e. The van der Waals surface area contributed by atoms with Crippen molar-refractivity contribution in [1.29, 1.82) is 0 Å². The number of nitrogens with one attached hydrogen (secondary N) is 2. The highest BCUT2D eigenvalue weighted by Gasteiger charge is 2.31. The van der Waals surface area contributed by atoms with Gasteiger partial charge in [0.15, 0.2) is 0 Å². The molecule has 0 bridgehead atoms. The fraction of sp³-hybridized carbons (Fsp3) is 0.417. The summed E-state index contributed by atoms with van der Waals surface area (Å²) in [5, 5.41) is 2.78. The SMILES string of the molecule is CCCCN=C(NN)Nc1cccc(OC(F)(F)F)c1. The molecule has 0 amide bonds. The van der Waals surface area contributed by atoms with Crippen molar-refractivity contribution in [3.8, 4) is 5.75 Å². The zero-order valence-electron chi connectivity index (χ0n) is 11.0. The lowest BCUT2D eigenvalue weighted by Crippen LogP contribution is -2.36. The molecule has 0 saturated carbocycles. The smallest absolute Gasteiger partial charge is 0.406 e. The topological polar surface area (TPSA) is 71.7 Å². The van der Waals surface area contributed by atoms with E-state index in [1.807, 2.05) is 6.92 Å². The van der Waals surface area contributed by atoms with Gasteiger partial charge < -0.3 is 10.1 Å². The van der Waals surface area contributed by atoms with Crippen LogP contribution in [0, 0.1) is 0 Å². The standard InChI is InChI=1S/C12H17F3N4O/c1-2-3-7-17-11(19-16)18-9-5-4-6-10(8-9)20-12(13,14)15/h4-6,8H,2-3,7,16H2,1H3,(H2,17,18,19). The Balaban J connectivity index is 2.71. The van der Waals surface area contributed by atoms with Crippen molar-refractivity contribution in [2.24, 2.45) is 10.8 Å². The molecule has 0 aromatic heterocycles. The predicted molar refractivity (Wildman–Crippen MR) is 71.3 cm³/mol. The van der Waals surface area contributed by atoms with Gasteiger partial charge in [0.25, 0.3) is 0 Å². The second-order valence-electron chi connectivity index (χ2n) is 3.93. The van der Waals surface area contributed by atoms with Crippen molar-refractivity contribution in [3.63, 3.8) is 0 Å². The Bertz CT molecular complexity index is 449. The Morgan fingerprint density at radius 2 is 2.15 bits per heavy atom. The van der Waals surface area contributed by atoms with Crippen LogP contribution in [0.5, 0.6) is 5.75 Å². The number of rotatable bonds is 5. The highest BCUT2D eigenvalue weighted by Crippen LogP contribution is 2.24. The van der Waals surface area contributed by atoms with Crippen molar-refractivity contribution in [3.05, 3.63) is 24.3 Å². The second kappa shape index (κ2) is 7.59. The zero-order chi connectivity index (χ0) is 15.0. The van der Waals surface area contributed by atoms with Gasteiger partial charge in [0.05, 0.1) is 0 Å². The Kier molecular flexibility index (Phi) is 6.10. The minimum absolute atomic E-state index is 0.280. The Morgan fingerprint density at radius 1 is 1.40 bits per heavy atom. The summed E-state index contributed by atoms with van der Waals surface area (Å²) in [6.07, 6.45) is -2.84. The molecule has 0 spiro atoms. The first-order valence-electron chi connectivity index (χ1n) is 6.08. The summed E-state index contributed by atoms with van der Waals surface area (Å²) in [4.78, 5) is 4.14. The first kappa shape index (κ1) is 16.1. The average Bonchev–Trinajstić information content (AvgIpc) is 2.36. The third kappa shape index (κ3) is 6.28. The van der Waals surface area contributed by atoms with Gasteiger partial charge in [-0.15, -0.1) is 13.2 Å². The van der Waals surface area contributed by atoms with Crippen LogP contribution in [0.15, 0.2) is 29.3 Å². The van der Waals surface area contributed by atoms with Crippen LogP contribution in [0.1, 0.15) is 19.8 Å². The molecule has 0 aliphatic rings. The highest BCUT2D eigenvalue weighted by atomic mass is 19.4. The molecule has 1 aromatic rings. The molecule has 0 fully saturated rings. The van der Waals surface area contributed by atoms with Gasteiger partial charge in [-0.1, -0.05) is 19.4 Å². The number of benzene rings is 1. The van der Waals surface area contributed by atoms with E-state index in [9.17, 15) is 13.2 Å². The summed E-state index contributed by atoms with van der Waals surface area (Å²) in [6, 6.07) is 5.43. The molecule has 5 nitrogen and oxygen atoms in total. The van der Waals surface area contributed by atoms with E-state index in [0.717, 1.165) is 12.8 Å². The maximum Gasteiger partial charge on any atom is 0.573 e. The number of unbranched alkanes of at least 4 members (excludes halogenated alkanes) is 1. The second-order valence-corrected chi connectivity index (χ2v) is 3.93. The van der Waals surface area contributed by atoms with Gasteiger partial charge in [0, 0.05) is 18.3 Å². The van der Waals surface area contributed by atoms with E-state index in [0.29, 0.717) is 12.2 Å². The van der Waals surface area contributed by atoms with E-state index >= 15 is 0 Å². The number of anilines is 1. The number of alkyl halides is 3. The number of halogens is 3. The lowest BCUT2D eigenvalue weighted by Gasteiger charge is -2.12. The van der Waals surface area contributed by atoms with Crippen LogP contribution in [-0.4, -0.2) is 18.9 Å². The van der Waals surface area contributed by atoms with Crippen LogP contribution < -0.4 is 21.3 Å². The highest BCUT2D eigenvalue weighted by molar-refractivity contribution is 5.93. The van der Waals surface area contributed by atoms with Crippen molar-refractivity contribution in [2.75, 3.05) is 11.9 Å². The van der Waals surface area contributed by atoms with Gasteiger partial charge in [-0.05, 0) is 18.6 Å². The molecule has 0 unspecified atom stereocenters. The first-order chi connectivity index (χ1) is 9.44. The molecule has 0 heterocycles. The maximum absolute atomic E-state index is 12.1. The van der Waals surface area contributed by atoms with E-state index in [1.165, 1.54) is 18.2 Å². The van der Waals surface area contributed by atoms with Crippen LogP contribution in [0.2, 0.25) is 0 Å². The van der Waals surface area contributed by atoms with Gasteiger partial charge in [-0.3, -0.25) is 10.4 Å². The Labute approximate surface area is 115 Å². The summed E-state index contributed by atoms with van der Waals surface area (Å²) < 4.78 is 40.2.